The first-order valence-corrected chi connectivity index (χ1v) is 6.68. The SMILES string of the molecule is Cc1nc(Br)cc(N(C)Cc2ccc(Cl)cc2)n1. The van der Waals surface area contributed by atoms with Gasteiger partial charge in [-0.25, -0.2) is 9.97 Å². The van der Waals surface area contributed by atoms with Crippen LogP contribution >= 0.6 is 27.5 Å². The molecule has 0 radical (unpaired) electrons. The summed E-state index contributed by atoms with van der Waals surface area (Å²) in [7, 11) is 2.00. The Morgan fingerprint density at radius 1 is 1.22 bits per heavy atom. The number of hydrogen-bond donors (Lipinski definition) is 0. The van der Waals surface area contributed by atoms with Gasteiger partial charge in [0.15, 0.2) is 0 Å². The van der Waals surface area contributed by atoms with Crippen molar-refractivity contribution in [2.24, 2.45) is 0 Å². The van der Waals surface area contributed by atoms with Crippen molar-refractivity contribution in [2.45, 2.75) is 13.5 Å². The van der Waals surface area contributed by atoms with Gasteiger partial charge < -0.3 is 4.90 Å². The Labute approximate surface area is 120 Å². The van der Waals surface area contributed by atoms with Crippen molar-refractivity contribution in [3.8, 4) is 0 Å². The number of hydrogen-bond acceptors (Lipinski definition) is 3. The van der Waals surface area contributed by atoms with E-state index < -0.39 is 0 Å². The van der Waals surface area contributed by atoms with Crippen LogP contribution in [0.5, 0.6) is 0 Å². The van der Waals surface area contributed by atoms with Crippen molar-refractivity contribution in [3.63, 3.8) is 0 Å². The highest BCUT2D eigenvalue weighted by Crippen LogP contribution is 2.18. The second-order valence-corrected chi connectivity index (χ2v) is 5.33. The highest BCUT2D eigenvalue weighted by molar-refractivity contribution is 9.10. The number of nitrogens with zero attached hydrogens (tertiary/aromatic N) is 3. The number of aromatic nitrogens is 2. The maximum absolute atomic E-state index is 5.87. The number of anilines is 1. The van der Waals surface area contributed by atoms with Crippen LogP contribution in [0.25, 0.3) is 0 Å². The van der Waals surface area contributed by atoms with E-state index in [9.17, 15) is 0 Å². The molecule has 0 unspecified atom stereocenters. The quantitative estimate of drug-likeness (QED) is 0.803. The van der Waals surface area contributed by atoms with E-state index in [0.29, 0.717) is 0 Å². The Hall–Kier alpha value is -1.13. The van der Waals surface area contributed by atoms with Crippen molar-refractivity contribution in [1.82, 2.24) is 9.97 Å². The summed E-state index contributed by atoms with van der Waals surface area (Å²) in [5.74, 6) is 1.65. The Kier molecular flexibility index (Phi) is 4.19. The highest BCUT2D eigenvalue weighted by Gasteiger charge is 2.06. The summed E-state index contributed by atoms with van der Waals surface area (Å²) in [6.07, 6.45) is 0. The van der Waals surface area contributed by atoms with E-state index in [-0.39, 0.29) is 0 Å². The van der Waals surface area contributed by atoms with Gasteiger partial charge in [-0.3, -0.25) is 0 Å². The summed E-state index contributed by atoms with van der Waals surface area (Å²) in [5.41, 5.74) is 1.19. The monoisotopic (exact) mass is 325 g/mol. The van der Waals surface area contributed by atoms with E-state index in [4.69, 9.17) is 11.6 Å². The Balaban J connectivity index is 2.16. The smallest absolute Gasteiger partial charge is 0.133 e. The van der Waals surface area contributed by atoms with Gasteiger partial charge in [0.25, 0.3) is 0 Å². The second kappa shape index (κ2) is 5.67. The summed E-state index contributed by atoms with van der Waals surface area (Å²) in [5, 5.41) is 0.752. The molecule has 0 saturated carbocycles. The van der Waals surface area contributed by atoms with E-state index in [1.54, 1.807) is 0 Å². The number of halogens is 2. The normalized spacial score (nSPS) is 10.4. The van der Waals surface area contributed by atoms with Crippen LogP contribution in [0.15, 0.2) is 34.9 Å². The van der Waals surface area contributed by atoms with Crippen molar-refractivity contribution >= 4 is 33.3 Å². The van der Waals surface area contributed by atoms with E-state index in [0.717, 1.165) is 27.8 Å². The van der Waals surface area contributed by atoms with E-state index in [1.165, 1.54) is 5.56 Å². The van der Waals surface area contributed by atoms with Gasteiger partial charge in [0, 0.05) is 24.7 Å². The first-order chi connectivity index (χ1) is 8.54. The fourth-order valence-corrected chi connectivity index (χ4v) is 2.24. The lowest BCUT2D eigenvalue weighted by Crippen LogP contribution is -2.18. The molecule has 0 aliphatic heterocycles. The molecule has 94 valence electrons. The Morgan fingerprint density at radius 2 is 1.89 bits per heavy atom. The predicted molar refractivity (Wildman–Crippen MR) is 78.0 cm³/mol. The van der Waals surface area contributed by atoms with Gasteiger partial charge in [-0.2, -0.15) is 0 Å². The fourth-order valence-electron chi connectivity index (χ4n) is 1.66. The summed E-state index contributed by atoms with van der Waals surface area (Å²) in [4.78, 5) is 10.7. The molecule has 0 N–H and O–H groups in total. The molecular formula is C13H13BrClN3. The number of benzene rings is 1. The molecule has 0 amide bonds. The average molecular weight is 327 g/mol. The van der Waals surface area contributed by atoms with Gasteiger partial charge >= 0.3 is 0 Å². The molecule has 0 atom stereocenters. The van der Waals surface area contributed by atoms with Crippen molar-refractivity contribution < 1.29 is 0 Å². The zero-order valence-corrected chi connectivity index (χ0v) is 12.5. The van der Waals surface area contributed by atoms with Crippen LogP contribution in [-0.4, -0.2) is 17.0 Å². The third kappa shape index (κ3) is 3.43. The number of aryl methyl sites for hydroxylation is 1. The largest absolute Gasteiger partial charge is 0.355 e. The molecule has 0 saturated heterocycles. The van der Waals surface area contributed by atoms with Crippen molar-refractivity contribution in [3.05, 3.63) is 51.3 Å². The van der Waals surface area contributed by atoms with Gasteiger partial charge in [0.05, 0.1) is 0 Å². The summed E-state index contributed by atoms with van der Waals surface area (Å²) >= 11 is 9.25. The van der Waals surface area contributed by atoms with Gasteiger partial charge in [-0.1, -0.05) is 23.7 Å². The summed E-state index contributed by atoms with van der Waals surface area (Å²) in [6.45, 7) is 2.66. The van der Waals surface area contributed by atoms with E-state index in [2.05, 4.69) is 30.8 Å². The van der Waals surface area contributed by atoms with E-state index >= 15 is 0 Å². The molecule has 0 aliphatic carbocycles. The zero-order chi connectivity index (χ0) is 13.1. The lowest BCUT2D eigenvalue weighted by atomic mass is 10.2. The molecule has 18 heavy (non-hydrogen) atoms. The van der Waals surface area contributed by atoms with E-state index in [1.807, 2.05) is 44.3 Å². The van der Waals surface area contributed by atoms with Gasteiger partial charge in [0.2, 0.25) is 0 Å². The maximum atomic E-state index is 5.87. The lowest BCUT2D eigenvalue weighted by molar-refractivity contribution is 0.875. The zero-order valence-electron chi connectivity index (χ0n) is 10.2. The first kappa shape index (κ1) is 13.3. The first-order valence-electron chi connectivity index (χ1n) is 5.51. The maximum Gasteiger partial charge on any atom is 0.133 e. The molecule has 2 rings (SSSR count). The van der Waals surface area contributed by atoms with Crippen LogP contribution in [0.1, 0.15) is 11.4 Å². The Morgan fingerprint density at radius 3 is 2.50 bits per heavy atom. The predicted octanol–water partition coefficient (Wildman–Crippen LogP) is 3.84. The summed E-state index contributed by atoms with van der Waals surface area (Å²) in [6, 6.07) is 9.73. The summed E-state index contributed by atoms with van der Waals surface area (Å²) < 4.78 is 0.799. The number of rotatable bonds is 3. The van der Waals surface area contributed by atoms with Crippen LogP contribution in [0.2, 0.25) is 5.02 Å². The highest BCUT2D eigenvalue weighted by atomic mass is 79.9. The molecule has 5 heteroatoms. The molecule has 0 bridgehead atoms. The van der Waals surface area contributed by atoms with Crippen LogP contribution in [0.4, 0.5) is 5.82 Å². The minimum atomic E-state index is 0.752. The van der Waals surface area contributed by atoms with Crippen LogP contribution in [0.3, 0.4) is 0 Å². The van der Waals surface area contributed by atoms with Crippen LogP contribution in [-0.2, 0) is 6.54 Å². The topological polar surface area (TPSA) is 29.0 Å². The minimum absolute atomic E-state index is 0.752. The van der Waals surface area contributed by atoms with Crippen molar-refractivity contribution in [2.75, 3.05) is 11.9 Å². The molecule has 0 aliphatic rings. The molecule has 1 aromatic heterocycles. The fraction of sp³-hybridized carbons (Fsp3) is 0.231. The van der Waals surface area contributed by atoms with Crippen molar-refractivity contribution in [1.29, 1.82) is 0 Å². The average Bonchev–Trinajstić information content (AvgIpc) is 2.31. The minimum Gasteiger partial charge on any atom is -0.355 e. The van der Waals surface area contributed by atoms with Crippen LogP contribution < -0.4 is 4.90 Å². The van der Waals surface area contributed by atoms with Gasteiger partial charge in [0.1, 0.15) is 16.2 Å². The Bertz CT molecular complexity index is 522. The molecule has 0 spiro atoms. The lowest BCUT2D eigenvalue weighted by Gasteiger charge is -2.18. The third-order valence-corrected chi connectivity index (χ3v) is 3.18. The molecule has 3 nitrogen and oxygen atoms in total. The van der Waals surface area contributed by atoms with Gasteiger partial charge in [-0.15, -0.1) is 0 Å². The molecule has 2 aromatic rings. The standard InChI is InChI=1S/C13H13BrClN3/c1-9-16-12(14)7-13(17-9)18(2)8-10-3-5-11(15)6-4-10/h3-7H,8H2,1-2H3. The molecular weight excluding hydrogens is 314 g/mol. The van der Waals surface area contributed by atoms with Crippen LogP contribution in [0, 0.1) is 6.92 Å². The van der Waals surface area contributed by atoms with Gasteiger partial charge in [-0.05, 0) is 40.5 Å². The molecule has 1 heterocycles. The second-order valence-electron chi connectivity index (χ2n) is 4.08. The molecule has 0 fully saturated rings. The molecule has 1 aromatic carbocycles. The third-order valence-electron chi connectivity index (χ3n) is 2.52.